The third kappa shape index (κ3) is 41.3. The molecule has 0 aliphatic heterocycles. The van der Waals surface area contributed by atoms with Crippen LogP contribution in [0.1, 0.15) is 284 Å². The van der Waals surface area contributed by atoms with Gasteiger partial charge in [-0.2, -0.15) is 0 Å². The van der Waals surface area contributed by atoms with Gasteiger partial charge >= 0.3 is 5.97 Å². The van der Waals surface area contributed by atoms with Crippen molar-refractivity contribution in [1.82, 2.24) is 5.32 Å². The van der Waals surface area contributed by atoms with Crippen LogP contribution in [0, 0.1) is 0 Å². The number of carbonyl (C=O) groups excluding carboxylic acids is 2. The molecule has 3 N–H and O–H groups in total. The second-order valence-electron chi connectivity index (χ2n) is 17.9. The summed E-state index contributed by atoms with van der Waals surface area (Å²) in [5.74, 6) is -0.463. The van der Waals surface area contributed by atoms with Crippen LogP contribution in [0.2, 0.25) is 0 Å². The van der Waals surface area contributed by atoms with E-state index in [9.17, 15) is 19.8 Å². The summed E-state index contributed by atoms with van der Waals surface area (Å²) in [5.41, 5.74) is 0. The predicted octanol–water partition coefficient (Wildman–Crippen LogP) is 15.3. The smallest absolute Gasteiger partial charge is 0.306 e. The van der Waals surface area contributed by atoms with Crippen LogP contribution in [0.15, 0.2) is 12.2 Å². The minimum atomic E-state index is -0.782. The Morgan fingerprint density at radius 1 is 0.483 bits per heavy atom. The second kappa shape index (κ2) is 46.7. The first-order chi connectivity index (χ1) is 28.5. The lowest BCUT2D eigenvalue weighted by molar-refractivity contribution is -0.151. The molecule has 0 saturated carbocycles. The molecule has 0 rings (SSSR count). The minimum Gasteiger partial charge on any atom is -0.462 e. The van der Waals surface area contributed by atoms with Crippen molar-refractivity contribution >= 4 is 11.9 Å². The van der Waals surface area contributed by atoms with Crippen LogP contribution in [0.25, 0.3) is 0 Å². The molecule has 0 radical (unpaired) electrons. The lowest BCUT2D eigenvalue weighted by Gasteiger charge is -2.24. The number of amides is 1. The number of allylic oxidation sites excluding steroid dienone is 2. The van der Waals surface area contributed by atoms with E-state index in [-0.39, 0.29) is 24.9 Å². The van der Waals surface area contributed by atoms with Crippen LogP contribution >= 0.6 is 0 Å². The number of esters is 1. The van der Waals surface area contributed by atoms with Gasteiger partial charge < -0.3 is 20.3 Å². The summed E-state index contributed by atoms with van der Waals surface area (Å²) in [6.07, 6.45) is 51.3. The van der Waals surface area contributed by atoms with Crippen molar-refractivity contribution in [2.24, 2.45) is 0 Å². The molecule has 344 valence electrons. The maximum atomic E-state index is 13.2. The van der Waals surface area contributed by atoms with Gasteiger partial charge in [-0.1, -0.05) is 232 Å². The van der Waals surface area contributed by atoms with E-state index >= 15 is 0 Å². The van der Waals surface area contributed by atoms with Gasteiger partial charge in [-0.3, -0.25) is 9.59 Å². The van der Waals surface area contributed by atoms with Gasteiger partial charge in [-0.25, -0.2) is 0 Å². The van der Waals surface area contributed by atoms with E-state index in [0.29, 0.717) is 19.3 Å². The molecule has 0 aliphatic rings. The molecule has 0 aromatic rings. The van der Waals surface area contributed by atoms with Crippen molar-refractivity contribution in [3.63, 3.8) is 0 Å². The van der Waals surface area contributed by atoms with E-state index in [0.717, 1.165) is 51.4 Å². The molecule has 0 aromatic carbocycles. The van der Waals surface area contributed by atoms with Gasteiger partial charge in [0.05, 0.1) is 25.2 Å². The molecule has 0 fully saturated rings. The quantitative estimate of drug-likeness (QED) is 0.0323. The predicted molar refractivity (Wildman–Crippen MR) is 250 cm³/mol. The van der Waals surface area contributed by atoms with E-state index in [1.54, 1.807) is 0 Å². The van der Waals surface area contributed by atoms with Gasteiger partial charge in [0.2, 0.25) is 5.91 Å². The number of aliphatic hydroxyl groups is 2. The maximum Gasteiger partial charge on any atom is 0.306 e. The van der Waals surface area contributed by atoms with Crippen molar-refractivity contribution in [3.8, 4) is 0 Å². The van der Waals surface area contributed by atoms with Gasteiger partial charge in [-0.05, 0) is 51.4 Å². The zero-order valence-electron chi connectivity index (χ0n) is 39.2. The summed E-state index contributed by atoms with van der Waals surface area (Å²) in [6.45, 7) is 6.48. The largest absolute Gasteiger partial charge is 0.462 e. The Morgan fingerprint density at radius 2 is 0.828 bits per heavy atom. The third-order valence-electron chi connectivity index (χ3n) is 12.1. The molecule has 58 heavy (non-hydrogen) atoms. The molecule has 0 bridgehead atoms. The second-order valence-corrected chi connectivity index (χ2v) is 17.9. The number of aliphatic hydroxyl groups excluding tert-OH is 2. The molecule has 1 amide bonds. The van der Waals surface area contributed by atoms with Crippen molar-refractivity contribution in [2.75, 3.05) is 6.61 Å². The first-order valence-corrected chi connectivity index (χ1v) is 25.9. The summed E-state index contributed by atoms with van der Waals surface area (Å²) in [4.78, 5) is 26.1. The highest BCUT2D eigenvalue weighted by Crippen LogP contribution is 2.18. The number of carbonyl (C=O) groups is 2. The zero-order valence-corrected chi connectivity index (χ0v) is 39.2. The van der Waals surface area contributed by atoms with Gasteiger partial charge in [0.25, 0.3) is 0 Å². The van der Waals surface area contributed by atoms with Crippen LogP contribution in [0.4, 0.5) is 0 Å². The number of unbranched alkanes of at least 4 members (excludes halogenated alkanes) is 33. The van der Waals surface area contributed by atoms with Gasteiger partial charge in [0.1, 0.15) is 6.10 Å². The highest BCUT2D eigenvalue weighted by molar-refractivity contribution is 5.77. The normalized spacial score (nSPS) is 13.3. The standard InChI is InChI=1S/C52H101NO5/c1-4-7-10-13-16-19-22-24-25-26-27-28-29-31-34-37-40-43-48(58-52(57)45-42-39-36-33-21-18-15-12-9-6-3)46-51(56)53-49(47-54)50(55)44-41-38-35-32-30-23-20-17-14-11-8-5-2/h24-25,48-50,54-55H,4-23,26-47H2,1-3H3,(H,53,56)/b25-24+. The number of nitrogens with one attached hydrogen (secondary N) is 1. The number of rotatable bonds is 47. The molecule has 0 spiro atoms. The molecule has 0 saturated heterocycles. The fourth-order valence-electron chi connectivity index (χ4n) is 8.13. The highest BCUT2D eigenvalue weighted by atomic mass is 16.5. The summed E-state index contributed by atoms with van der Waals surface area (Å²) in [5, 5.41) is 23.7. The van der Waals surface area contributed by atoms with Crippen molar-refractivity contribution in [1.29, 1.82) is 0 Å². The Hall–Kier alpha value is -1.40. The van der Waals surface area contributed by atoms with Crippen LogP contribution in [-0.2, 0) is 14.3 Å². The van der Waals surface area contributed by atoms with Crippen LogP contribution in [-0.4, -0.2) is 46.9 Å². The molecule has 0 aliphatic carbocycles. The lowest BCUT2D eigenvalue weighted by atomic mass is 10.0. The minimum absolute atomic E-state index is 0.0813. The molecule has 0 aromatic heterocycles. The Balaban J connectivity index is 4.52. The van der Waals surface area contributed by atoms with Crippen molar-refractivity contribution in [2.45, 2.75) is 302 Å². The van der Waals surface area contributed by atoms with Crippen LogP contribution in [0.5, 0.6) is 0 Å². The fourth-order valence-corrected chi connectivity index (χ4v) is 8.13. The third-order valence-corrected chi connectivity index (χ3v) is 12.1. The van der Waals surface area contributed by atoms with Gasteiger partial charge in [0, 0.05) is 6.42 Å². The molecule has 6 nitrogen and oxygen atoms in total. The average Bonchev–Trinajstić information content (AvgIpc) is 3.22. The van der Waals surface area contributed by atoms with E-state index in [1.165, 1.54) is 186 Å². The summed E-state index contributed by atoms with van der Waals surface area (Å²) in [6, 6.07) is -0.695. The van der Waals surface area contributed by atoms with E-state index in [4.69, 9.17) is 4.74 Å². The lowest BCUT2D eigenvalue weighted by Crippen LogP contribution is -2.46. The molecule has 3 unspecified atom stereocenters. The Labute approximate surface area is 361 Å². The average molecular weight is 820 g/mol. The number of hydrogen-bond donors (Lipinski definition) is 3. The van der Waals surface area contributed by atoms with E-state index in [2.05, 4.69) is 38.2 Å². The van der Waals surface area contributed by atoms with Gasteiger partial charge in [-0.15, -0.1) is 0 Å². The van der Waals surface area contributed by atoms with Crippen molar-refractivity contribution in [3.05, 3.63) is 12.2 Å². The molecule has 3 atom stereocenters. The van der Waals surface area contributed by atoms with Crippen LogP contribution in [0.3, 0.4) is 0 Å². The highest BCUT2D eigenvalue weighted by Gasteiger charge is 2.24. The first kappa shape index (κ1) is 56.6. The zero-order chi connectivity index (χ0) is 42.4. The summed E-state index contributed by atoms with van der Waals surface area (Å²) >= 11 is 0. The number of ether oxygens (including phenoxy) is 1. The van der Waals surface area contributed by atoms with Crippen LogP contribution < -0.4 is 5.32 Å². The first-order valence-electron chi connectivity index (χ1n) is 25.9. The fraction of sp³-hybridized carbons (Fsp3) is 0.923. The van der Waals surface area contributed by atoms with Crippen molar-refractivity contribution < 1.29 is 24.5 Å². The van der Waals surface area contributed by atoms with Gasteiger partial charge in [0.15, 0.2) is 0 Å². The van der Waals surface area contributed by atoms with E-state index < -0.39 is 18.2 Å². The monoisotopic (exact) mass is 820 g/mol. The summed E-state index contributed by atoms with van der Waals surface area (Å²) in [7, 11) is 0. The maximum absolute atomic E-state index is 13.2. The number of hydrogen-bond acceptors (Lipinski definition) is 5. The Bertz CT molecular complexity index is 878. The Kier molecular flexibility index (Phi) is 45.5. The Morgan fingerprint density at radius 3 is 1.22 bits per heavy atom. The molecule has 0 heterocycles. The molecular weight excluding hydrogens is 719 g/mol. The van der Waals surface area contributed by atoms with E-state index in [1.807, 2.05) is 0 Å². The summed E-state index contributed by atoms with van der Waals surface area (Å²) < 4.78 is 5.93. The SMILES string of the molecule is CCCCCCCC/C=C/CCCCCCCCCC(CC(=O)NC(CO)C(O)CCCCCCCCCCCCCC)OC(=O)CCCCCCCCCCCC. The topological polar surface area (TPSA) is 95.9 Å². The molecular formula is C52H101NO5. The molecule has 6 heteroatoms.